The first-order chi connectivity index (χ1) is 10.8. The molecule has 1 aliphatic heterocycles. The van der Waals surface area contributed by atoms with Gasteiger partial charge >= 0.3 is 0 Å². The molecule has 0 saturated heterocycles. The highest BCUT2D eigenvalue weighted by atomic mass is 127. The van der Waals surface area contributed by atoms with Gasteiger partial charge < -0.3 is 10.6 Å². The van der Waals surface area contributed by atoms with Crippen LogP contribution in [0.5, 0.6) is 0 Å². The number of guanidine groups is 1. The van der Waals surface area contributed by atoms with E-state index >= 15 is 0 Å². The molecule has 2 heterocycles. The van der Waals surface area contributed by atoms with Gasteiger partial charge in [-0.1, -0.05) is 19.3 Å². The zero-order valence-electron chi connectivity index (χ0n) is 14.0. The van der Waals surface area contributed by atoms with Gasteiger partial charge in [-0.3, -0.25) is 9.89 Å². The van der Waals surface area contributed by atoms with Crippen LogP contribution in [0.1, 0.15) is 42.5 Å². The van der Waals surface area contributed by atoms with E-state index in [0.29, 0.717) is 6.04 Å². The topological polar surface area (TPSA) is 39.7 Å². The van der Waals surface area contributed by atoms with Crippen molar-refractivity contribution in [3.8, 4) is 0 Å². The summed E-state index contributed by atoms with van der Waals surface area (Å²) < 4.78 is 0. The van der Waals surface area contributed by atoms with Crippen molar-refractivity contribution >= 4 is 41.3 Å². The molecule has 2 N–H and O–H groups in total. The van der Waals surface area contributed by atoms with Gasteiger partial charge in [-0.2, -0.15) is 0 Å². The van der Waals surface area contributed by atoms with Gasteiger partial charge in [-0.25, -0.2) is 0 Å². The fourth-order valence-electron chi connectivity index (χ4n) is 3.47. The van der Waals surface area contributed by atoms with Crippen LogP contribution < -0.4 is 10.6 Å². The van der Waals surface area contributed by atoms with Gasteiger partial charge in [0, 0.05) is 44.1 Å². The number of nitrogens with one attached hydrogen (secondary N) is 2. The van der Waals surface area contributed by atoms with Crippen LogP contribution in [-0.4, -0.2) is 43.6 Å². The number of nitrogens with zero attached hydrogens (tertiary/aromatic N) is 2. The van der Waals surface area contributed by atoms with E-state index in [1.807, 2.05) is 18.4 Å². The van der Waals surface area contributed by atoms with Crippen molar-refractivity contribution in [3.05, 3.63) is 21.9 Å². The highest BCUT2D eigenvalue weighted by molar-refractivity contribution is 14.0. The van der Waals surface area contributed by atoms with Crippen LogP contribution in [-0.2, 0) is 13.0 Å². The zero-order chi connectivity index (χ0) is 15.2. The monoisotopic (exact) mass is 448 g/mol. The van der Waals surface area contributed by atoms with E-state index in [9.17, 15) is 0 Å². The highest BCUT2D eigenvalue weighted by Crippen LogP contribution is 2.23. The first kappa shape index (κ1) is 19.0. The predicted molar refractivity (Wildman–Crippen MR) is 110 cm³/mol. The molecule has 1 aliphatic carbocycles. The van der Waals surface area contributed by atoms with Crippen LogP contribution in [0.15, 0.2) is 16.4 Å². The Kier molecular flexibility index (Phi) is 8.12. The second-order valence-corrected chi connectivity index (χ2v) is 7.37. The zero-order valence-corrected chi connectivity index (χ0v) is 17.2. The summed E-state index contributed by atoms with van der Waals surface area (Å²) in [5, 5.41) is 9.28. The number of hydrogen-bond acceptors (Lipinski definition) is 3. The smallest absolute Gasteiger partial charge is 0.191 e. The Bertz CT molecular complexity index is 497. The molecule has 0 atom stereocenters. The third-order valence-corrected chi connectivity index (χ3v) is 5.80. The van der Waals surface area contributed by atoms with E-state index in [0.717, 1.165) is 25.6 Å². The molecule has 0 aromatic carbocycles. The second-order valence-electron chi connectivity index (χ2n) is 6.37. The summed E-state index contributed by atoms with van der Waals surface area (Å²) in [7, 11) is 1.87. The molecule has 1 saturated carbocycles. The van der Waals surface area contributed by atoms with Crippen LogP contribution in [0.4, 0.5) is 0 Å². The number of hydrogen-bond donors (Lipinski definition) is 2. The number of aliphatic imine (C=N–C) groups is 1. The van der Waals surface area contributed by atoms with Gasteiger partial charge in [0.1, 0.15) is 0 Å². The van der Waals surface area contributed by atoms with Crippen molar-refractivity contribution in [1.82, 2.24) is 15.5 Å². The minimum Gasteiger partial charge on any atom is -0.355 e. The van der Waals surface area contributed by atoms with E-state index in [1.165, 1.54) is 50.6 Å². The summed E-state index contributed by atoms with van der Waals surface area (Å²) in [6, 6.07) is 2.90. The Morgan fingerprint density at radius 3 is 2.96 bits per heavy atom. The van der Waals surface area contributed by atoms with Crippen LogP contribution in [0.25, 0.3) is 0 Å². The van der Waals surface area contributed by atoms with Crippen molar-refractivity contribution in [3.63, 3.8) is 0 Å². The maximum atomic E-state index is 4.37. The Balaban J connectivity index is 0.00000192. The predicted octanol–water partition coefficient (Wildman–Crippen LogP) is 3.22. The standard InChI is InChI=1S/C17H28N4S.HI/c1-18-17(20-15-5-3-2-4-6-15)19-9-11-21-10-7-16-14(13-21)8-12-22-16;/h8,12,15H,2-7,9-11,13H2,1H3,(H2,18,19,20);1H. The van der Waals surface area contributed by atoms with E-state index in [1.54, 1.807) is 4.88 Å². The quantitative estimate of drug-likeness (QED) is 0.422. The van der Waals surface area contributed by atoms with Gasteiger partial charge in [-0.05, 0) is 36.3 Å². The van der Waals surface area contributed by atoms with Crippen LogP contribution in [0.2, 0.25) is 0 Å². The maximum Gasteiger partial charge on any atom is 0.191 e. The lowest BCUT2D eigenvalue weighted by Gasteiger charge is -2.28. The Morgan fingerprint density at radius 1 is 1.35 bits per heavy atom. The molecule has 23 heavy (non-hydrogen) atoms. The maximum absolute atomic E-state index is 4.37. The number of thiophene rings is 1. The third kappa shape index (κ3) is 5.60. The van der Waals surface area contributed by atoms with Gasteiger partial charge in [-0.15, -0.1) is 35.3 Å². The summed E-state index contributed by atoms with van der Waals surface area (Å²) >= 11 is 1.91. The van der Waals surface area contributed by atoms with Crippen molar-refractivity contribution in [1.29, 1.82) is 0 Å². The molecule has 0 radical (unpaired) electrons. The molecule has 1 aromatic heterocycles. The first-order valence-corrected chi connectivity index (χ1v) is 9.48. The minimum atomic E-state index is 0. The molecule has 0 bridgehead atoms. The van der Waals surface area contributed by atoms with Gasteiger partial charge in [0.15, 0.2) is 5.96 Å². The molecule has 1 fully saturated rings. The fourth-order valence-corrected chi connectivity index (χ4v) is 4.35. The number of fused-ring (bicyclic) bond motifs is 1. The lowest BCUT2D eigenvalue weighted by Crippen LogP contribution is -2.46. The molecular formula is C17H29IN4S. The number of halogens is 1. The molecule has 3 rings (SSSR count). The molecule has 0 amide bonds. The first-order valence-electron chi connectivity index (χ1n) is 8.60. The average Bonchev–Trinajstić information content (AvgIpc) is 3.02. The summed E-state index contributed by atoms with van der Waals surface area (Å²) in [6.07, 6.45) is 7.88. The van der Waals surface area contributed by atoms with E-state index in [2.05, 4.69) is 32.0 Å². The average molecular weight is 448 g/mol. The Morgan fingerprint density at radius 2 is 2.17 bits per heavy atom. The summed E-state index contributed by atoms with van der Waals surface area (Å²) in [6.45, 7) is 4.34. The van der Waals surface area contributed by atoms with Crippen molar-refractivity contribution < 1.29 is 0 Å². The van der Waals surface area contributed by atoms with Crippen molar-refractivity contribution in [2.75, 3.05) is 26.7 Å². The largest absolute Gasteiger partial charge is 0.355 e. The Labute approximate surface area is 161 Å². The second kappa shape index (κ2) is 9.84. The molecule has 6 heteroatoms. The lowest BCUT2D eigenvalue weighted by molar-refractivity contribution is 0.260. The molecule has 0 spiro atoms. The summed E-state index contributed by atoms with van der Waals surface area (Å²) in [4.78, 5) is 8.49. The fraction of sp³-hybridized carbons (Fsp3) is 0.706. The molecule has 130 valence electrons. The van der Waals surface area contributed by atoms with Gasteiger partial charge in [0.25, 0.3) is 0 Å². The summed E-state index contributed by atoms with van der Waals surface area (Å²) in [5.41, 5.74) is 1.53. The van der Waals surface area contributed by atoms with Gasteiger partial charge in [0.2, 0.25) is 0 Å². The van der Waals surface area contributed by atoms with Crippen LogP contribution in [0, 0.1) is 0 Å². The molecule has 0 unspecified atom stereocenters. The van der Waals surface area contributed by atoms with Crippen LogP contribution in [0.3, 0.4) is 0 Å². The highest BCUT2D eigenvalue weighted by Gasteiger charge is 2.17. The van der Waals surface area contributed by atoms with Crippen LogP contribution >= 0.6 is 35.3 Å². The molecule has 4 nitrogen and oxygen atoms in total. The lowest BCUT2D eigenvalue weighted by atomic mass is 9.96. The Hall–Kier alpha value is -0.340. The molecular weight excluding hydrogens is 419 g/mol. The van der Waals surface area contributed by atoms with Gasteiger partial charge in [0.05, 0.1) is 0 Å². The SMILES string of the molecule is CN=C(NCCN1CCc2sccc2C1)NC1CCCCC1.I. The third-order valence-electron chi connectivity index (χ3n) is 4.78. The summed E-state index contributed by atoms with van der Waals surface area (Å²) in [5.74, 6) is 0.972. The van der Waals surface area contributed by atoms with E-state index < -0.39 is 0 Å². The normalized spacial score (nSPS) is 19.8. The van der Waals surface area contributed by atoms with Crippen molar-refractivity contribution in [2.45, 2.75) is 51.1 Å². The van der Waals surface area contributed by atoms with E-state index in [-0.39, 0.29) is 24.0 Å². The van der Waals surface area contributed by atoms with E-state index in [4.69, 9.17) is 0 Å². The minimum absolute atomic E-state index is 0. The molecule has 2 aliphatic rings. The van der Waals surface area contributed by atoms with Crippen molar-refractivity contribution in [2.24, 2.45) is 4.99 Å². The number of rotatable bonds is 4. The molecule has 1 aromatic rings.